The Morgan fingerprint density at radius 3 is 2.12 bits per heavy atom. The quantitative estimate of drug-likeness (QED) is 0.375. The van der Waals surface area contributed by atoms with E-state index in [9.17, 15) is 14.9 Å². The fraction of sp³-hybridized carbons (Fsp3) is 0.500. The predicted molar refractivity (Wildman–Crippen MR) is 19.5 cm³/mol. The van der Waals surface area contributed by atoms with Crippen molar-refractivity contribution >= 4 is 5.97 Å². The predicted octanol–water partition coefficient (Wildman–Crippen LogP) is -0.655. The molecule has 0 atom stereocenters. The molecule has 0 heterocycles. The molecule has 6 heteroatoms. The molecule has 0 aromatic carbocycles. The van der Waals surface area contributed by atoms with Crippen LogP contribution >= 0.6 is 0 Å². The van der Waals surface area contributed by atoms with Gasteiger partial charge in [-0.1, -0.05) is 0 Å². The summed E-state index contributed by atoms with van der Waals surface area (Å²) in [6.45, 7) is -1.00. The fourth-order valence-electron chi connectivity index (χ4n) is 0.110. The van der Waals surface area contributed by atoms with Crippen molar-refractivity contribution in [3.63, 3.8) is 0 Å². The fourth-order valence-corrected chi connectivity index (χ4v) is 0.110. The van der Waals surface area contributed by atoms with Gasteiger partial charge >= 0.3 is 5.97 Å². The van der Waals surface area contributed by atoms with Gasteiger partial charge < -0.3 is 5.11 Å². The van der Waals surface area contributed by atoms with Crippen LogP contribution in [-0.4, -0.2) is 22.5 Å². The van der Waals surface area contributed by atoms with Crippen LogP contribution < -0.4 is 0 Å². The Morgan fingerprint density at radius 2 is 2.12 bits per heavy atom. The molecule has 1 radical (unpaired) electrons. The molecule has 8 heavy (non-hydrogen) atoms. The van der Waals surface area contributed by atoms with Crippen molar-refractivity contribution in [3.8, 4) is 0 Å². The van der Waals surface area contributed by atoms with Gasteiger partial charge in [0.05, 0.1) is 0 Å². The Bertz CT molecular complexity index is 90.2. The molecule has 0 aliphatic heterocycles. The first kappa shape index (κ1) is 10.6. The third kappa shape index (κ3) is 9.15. The number of carbonyl (C=O) groups is 1. The van der Waals surface area contributed by atoms with Crippen LogP contribution in [0.25, 0.3) is 0 Å². The monoisotopic (exact) mass is 212 g/mol. The zero-order valence-corrected chi connectivity index (χ0v) is 5.11. The van der Waals surface area contributed by atoms with Gasteiger partial charge in [0.25, 0.3) is 6.54 Å². The Morgan fingerprint density at radius 1 is 1.75 bits per heavy atom. The summed E-state index contributed by atoms with van der Waals surface area (Å²) in [4.78, 5) is 17.7. The molecule has 5 nitrogen and oxygen atoms in total. The second-order valence-corrected chi connectivity index (χ2v) is 0.885. The summed E-state index contributed by atoms with van der Waals surface area (Å²) in [6.07, 6.45) is 0. The number of hydrogen-bond donors (Lipinski definition) is 1. The van der Waals surface area contributed by atoms with Crippen LogP contribution in [0.1, 0.15) is 0 Å². The van der Waals surface area contributed by atoms with Gasteiger partial charge in [0.2, 0.25) is 0 Å². The number of aliphatic carboxylic acids is 1. The van der Waals surface area contributed by atoms with Gasteiger partial charge in [-0.25, -0.2) is 4.79 Å². The standard InChI is InChI=1S/C2H3NO4.Ag/c4-2(5)1-3(6)7;/h1H2,(H,4,5);. The Balaban J connectivity index is 0. The molecule has 0 amide bonds. The first-order valence-corrected chi connectivity index (χ1v) is 1.46. The average Bonchev–Trinajstić information content (AvgIpc) is 1.27. The summed E-state index contributed by atoms with van der Waals surface area (Å²) in [5.74, 6) is -1.41. The van der Waals surface area contributed by atoms with Crippen molar-refractivity contribution in [2.75, 3.05) is 6.54 Å². The molecular weight excluding hydrogens is 210 g/mol. The molecule has 1 N–H and O–H groups in total. The van der Waals surface area contributed by atoms with Crippen molar-refractivity contribution in [2.24, 2.45) is 0 Å². The Kier molecular flexibility index (Phi) is 6.29. The zero-order chi connectivity index (χ0) is 5.86. The SMILES string of the molecule is O=C(O)C[N+](=O)[O-].[Ag]. The van der Waals surface area contributed by atoms with Crippen molar-refractivity contribution in [1.82, 2.24) is 0 Å². The van der Waals surface area contributed by atoms with Crippen LogP contribution in [0.15, 0.2) is 0 Å². The van der Waals surface area contributed by atoms with Gasteiger partial charge in [-0.2, -0.15) is 0 Å². The number of nitro groups is 1. The summed E-state index contributed by atoms with van der Waals surface area (Å²) in [5, 5.41) is 16.9. The van der Waals surface area contributed by atoms with Gasteiger partial charge in [0.15, 0.2) is 0 Å². The number of nitrogens with zero attached hydrogens (tertiary/aromatic N) is 1. The van der Waals surface area contributed by atoms with Gasteiger partial charge in [-0.3, -0.25) is 10.1 Å². The first-order valence-electron chi connectivity index (χ1n) is 1.46. The van der Waals surface area contributed by atoms with Crippen molar-refractivity contribution < 1.29 is 37.2 Å². The third-order valence-electron chi connectivity index (χ3n) is 0.264. The van der Waals surface area contributed by atoms with Crippen LogP contribution in [0.5, 0.6) is 0 Å². The third-order valence-corrected chi connectivity index (χ3v) is 0.264. The molecule has 0 saturated carbocycles. The van der Waals surface area contributed by atoms with Crippen LogP contribution in [0, 0.1) is 10.1 Å². The van der Waals surface area contributed by atoms with E-state index in [1.54, 1.807) is 0 Å². The summed E-state index contributed by atoms with van der Waals surface area (Å²) in [7, 11) is 0. The molecule has 0 aliphatic carbocycles. The maximum atomic E-state index is 9.37. The van der Waals surface area contributed by atoms with Crippen LogP contribution in [0.4, 0.5) is 0 Å². The molecule has 51 valence electrons. The second-order valence-electron chi connectivity index (χ2n) is 0.885. The van der Waals surface area contributed by atoms with E-state index in [1.165, 1.54) is 0 Å². The van der Waals surface area contributed by atoms with E-state index in [0.29, 0.717) is 0 Å². The largest absolute Gasteiger partial charge is 0.476 e. The number of carboxylic acids is 1. The molecule has 0 aromatic heterocycles. The molecule has 0 unspecified atom stereocenters. The number of carboxylic acid groups (broad SMARTS) is 1. The van der Waals surface area contributed by atoms with E-state index in [0.717, 1.165) is 0 Å². The molecule has 0 aromatic rings. The van der Waals surface area contributed by atoms with Crippen molar-refractivity contribution in [2.45, 2.75) is 0 Å². The first-order chi connectivity index (χ1) is 3.13. The molecule has 0 aliphatic rings. The minimum absolute atomic E-state index is 0. The molecule has 0 bridgehead atoms. The Hall–Kier alpha value is -0.390. The summed E-state index contributed by atoms with van der Waals surface area (Å²) < 4.78 is 0. The van der Waals surface area contributed by atoms with E-state index < -0.39 is 17.4 Å². The normalized spacial score (nSPS) is 7.00. The molecule has 0 rings (SSSR count). The van der Waals surface area contributed by atoms with E-state index >= 15 is 0 Å². The maximum Gasteiger partial charge on any atom is 0.376 e. The smallest absolute Gasteiger partial charge is 0.376 e. The molecule has 0 saturated heterocycles. The van der Waals surface area contributed by atoms with Crippen LogP contribution in [0.3, 0.4) is 0 Å². The minimum Gasteiger partial charge on any atom is -0.476 e. The topological polar surface area (TPSA) is 80.4 Å². The van der Waals surface area contributed by atoms with Gasteiger partial charge in [0.1, 0.15) is 0 Å². The summed E-state index contributed by atoms with van der Waals surface area (Å²) in [5.41, 5.74) is 0. The summed E-state index contributed by atoms with van der Waals surface area (Å²) in [6, 6.07) is 0. The van der Waals surface area contributed by atoms with Crippen molar-refractivity contribution in [3.05, 3.63) is 10.1 Å². The second kappa shape index (κ2) is 4.76. The van der Waals surface area contributed by atoms with Gasteiger partial charge in [0, 0.05) is 27.3 Å². The van der Waals surface area contributed by atoms with E-state index in [2.05, 4.69) is 0 Å². The zero-order valence-electron chi connectivity index (χ0n) is 3.63. The number of hydrogen-bond acceptors (Lipinski definition) is 3. The van der Waals surface area contributed by atoms with E-state index in [4.69, 9.17) is 5.11 Å². The number of rotatable bonds is 2. The average molecular weight is 213 g/mol. The van der Waals surface area contributed by atoms with Crippen LogP contribution in [0.2, 0.25) is 0 Å². The summed E-state index contributed by atoms with van der Waals surface area (Å²) >= 11 is 0. The molecule has 0 spiro atoms. The molecular formula is C2H3AgNO4. The van der Waals surface area contributed by atoms with Gasteiger partial charge in [-0.05, 0) is 0 Å². The van der Waals surface area contributed by atoms with E-state index in [-0.39, 0.29) is 22.4 Å². The van der Waals surface area contributed by atoms with Gasteiger partial charge in [-0.15, -0.1) is 0 Å². The minimum atomic E-state index is -1.41. The molecule has 0 fully saturated rings. The maximum absolute atomic E-state index is 9.37. The van der Waals surface area contributed by atoms with E-state index in [1.807, 2.05) is 0 Å². The van der Waals surface area contributed by atoms with Crippen LogP contribution in [-0.2, 0) is 27.2 Å². The van der Waals surface area contributed by atoms with Crippen molar-refractivity contribution in [1.29, 1.82) is 0 Å². The Labute approximate surface area is 60.3 Å².